The maximum absolute atomic E-state index is 13.0. The molecule has 1 saturated heterocycles. The molecule has 3 rings (SSSR count). The lowest BCUT2D eigenvalue weighted by Gasteiger charge is -2.37. The number of carbonyl (C=O) groups is 1. The van der Waals surface area contributed by atoms with Gasteiger partial charge in [-0.2, -0.15) is 4.31 Å². The minimum absolute atomic E-state index is 0. The van der Waals surface area contributed by atoms with Gasteiger partial charge in [-0.25, -0.2) is 13.9 Å². The third-order valence-corrected chi connectivity index (χ3v) is 6.76. The average Bonchev–Trinajstić information content (AvgIpc) is 2.67. The molecule has 1 aliphatic heterocycles. The zero-order chi connectivity index (χ0) is 19.6. The van der Waals surface area contributed by atoms with E-state index in [1.54, 1.807) is 36.8 Å². The fraction of sp³-hybridized carbons (Fsp3) is 0.278. The summed E-state index contributed by atoms with van der Waals surface area (Å²) in [4.78, 5) is 13.9. The first-order valence-corrected chi connectivity index (χ1v) is 10.1. The molecule has 2 N–H and O–H groups in total. The number of nitrogens with one attached hydrogen (secondary N) is 1. The van der Waals surface area contributed by atoms with Crippen LogP contribution in [0.15, 0.2) is 53.4 Å². The maximum Gasteiger partial charge on any atom is 0.263 e. The smallest absolute Gasteiger partial charge is 0.263 e. The molecule has 0 spiro atoms. The Balaban J connectivity index is 0.00000280. The molecule has 10 heteroatoms. The number of hydroxylamine groups is 1. The van der Waals surface area contributed by atoms with Gasteiger partial charge in [0.2, 0.25) is 10.0 Å². The number of carbonyl (C=O) groups excluding carboxylic acids is 1. The highest BCUT2D eigenvalue weighted by molar-refractivity contribution is 7.89. The van der Waals surface area contributed by atoms with Crippen LogP contribution in [0.1, 0.15) is 0 Å². The van der Waals surface area contributed by atoms with E-state index >= 15 is 0 Å². The number of rotatable bonds is 4. The van der Waals surface area contributed by atoms with Gasteiger partial charge < -0.3 is 4.90 Å². The lowest BCUT2D eigenvalue weighted by atomic mass is 10.1. The van der Waals surface area contributed by atoms with E-state index in [4.69, 9.17) is 16.8 Å². The number of likely N-dealkylation sites (N-methyl/N-ethyl adjacent to an activating group) is 1. The molecule has 0 unspecified atom stereocenters. The Bertz CT molecular complexity index is 921. The predicted octanol–water partition coefficient (Wildman–Crippen LogP) is 2.24. The highest BCUT2D eigenvalue weighted by Gasteiger charge is 2.39. The Hall–Kier alpha value is -1.68. The van der Waals surface area contributed by atoms with Crippen LogP contribution in [0.25, 0.3) is 11.1 Å². The van der Waals surface area contributed by atoms with Gasteiger partial charge in [-0.1, -0.05) is 35.9 Å². The van der Waals surface area contributed by atoms with Crippen molar-refractivity contribution >= 4 is 39.9 Å². The highest BCUT2D eigenvalue weighted by Crippen LogP contribution is 2.26. The molecule has 0 bridgehead atoms. The van der Waals surface area contributed by atoms with Crippen LogP contribution in [0.4, 0.5) is 0 Å². The molecule has 28 heavy (non-hydrogen) atoms. The van der Waals surface area contributed by atoms with Crippen LogP contribution in [-0.2, 0) is 14.8 Å². The standard InChI is InChI=1S/C18H20ClN3O4S.ClH/c1-21-10-11-22(17(12-21)18(23)20-24)27(25,26)16-8-4-14(5-9-16)13-2-6-15(19)7-3-13;/h2-9,17,24H,10-12H2,1H3,(H,20,23);1H/t17-;/m1./s1. The minimum Gasteiger partial charge on any atom is -0.303 e. The summed E-state index contributed by atoms with van der Waals surface area (Å²) in [6.45, 7) is 0.863. The van der Waals surface area contributed by atoms with Crippen molar-refractivity contribution in [2.75, 3.05) is 26.7 Å². The topological polar surface area (TPSA) is 90.0 Å². The summed E-state index contributed by atoms with van der Waals surface area (Å²) in [5.41, 5.74) is 3.33. The number of piperazine rings is 1. The Morgan fingerprint density at radius 3 is 2.14 bits per heavy atom. The first kappa shape index (κ1) is 22.6. The zero-order valence-corrected chi connectivity index (χ0v) is 17.5. The molecule has 7 nitrogen and oxygen atoms in total. The van der Waals surface area contributed by atoms with Gasteiger partial charge in [0.15, 0.2) is 0 Å². The van der Waals surface area contributed by atoms with Crippen molar-refractivity contribution in [1.82, 2.24) is 14.7 Å². The van der Waals surface area contributed by atoms with E-state index in [0.717, 1.165) is 15.4 Å². The summed E-state index contributed by atoms with van der Waals surface area (Å²) in [5.74, 6) is -0.747. The van der Waals surface area contributed by atoms with Gasteiger partial charge in [-0.05, 0) is 42.4 Å². The largest absolute Gasteiger partial charge is 0.303 e. The van der Waals surface area contributed by atoms with Crippen LogP contribution in [0.5, 0.6) is 0 Å². The molecule has 0 saturated carbocycles. The Morgan fingerprint density at radius 1 is 1.07 bits per heavy atom. The van der Waals surface area contributed by atoms with E-state index in [-0.39, 0.29) is 30.4 Å². The molecule has 1 fully saturated rings. The monoisotopic (exact) mass is 445 g/mol. The first-order chi connectivity index (χ1) is 12.8. The third-order valence-electron chi connectivity index (χ3n) is 4.59. The number of hydrogen-bond acceptors (Lipinski definition) is 5. The summed E-state index contributed by atoms with van der Waals surface area (Å²) in [5, 5.41) is 9.59. The van der Waals surface area contributed by atoms with E-state index in [2.05, 4.69) is 0 Å². The lowest BCUT2D eigenvalue weighted by Crippen LogP contribution is -2.59. The van der Waals surface area contributed by atoms with E-state index in [0.29, 0.717) is 11.6 Å². The molecule has 0 aliphatic carbocycles. The van der Waals surface area contributed by atoms with E-state index in [1.165, 1.54) is 12.1 Å². The Morgan fingerprint density at radius 2 is 1.61 bits per heavy atom. The fourth-order valence-corrected chi connectivity index (χ4v) is 4.77. The summed E-state index contributed by atoms with van der Waals surface area (Å²) >= 11 is 5.89. The second-order valence-corrected chi connectivity index (χ2v) is 8.73. The van der Waals surface area contributed by atoms with Crippen LogP contribution in [0.2, 0.25) is 5.02 Å². The fourth-order valence-electron chi connectivity index (χ4n) is 3.08. The molecular formula is C18H21Cl2N3O4S. The predicted molar refractivity (Wildman–Crippen MR) is 109 cm³/mol. The van der Waals surface area contributed by atoms with Crippen molar-refractivity contribution in [3.8, 4) is 11.1 Å². The van der Waals surface area contributed by atoms with Crippen LogP contribution in [-0.4, -0.2) is 61.5 Å². The normalized spacial score (nSPS) is 18.3. The van der Waals surface area contributed by atoms with E-state index in [9.17, 15) is 13.2 Å². The summed E-state index contributed by atoms with van der Waals surface area (Å²) in [6, 6.07) is 12.7. The molecule has 152 valence electrons. The van der Waals surface area contributed by atoms with Crippen LogP contribution in [0.3, 0.4) is 0 Å². The highest BCUT2D eigenvalue weighted by atomic mass is 35.5. The van der Waals surface area contributed by atoms with E-state index in [1.807, 2.05) is 17.0 Å². The molecule has 1 heterocycles. The molecule has 1 amide bonds. The van der Waals surface area contributed by atoms with Gasteiger partial charge in [-0.3, -0.25) is 10.0 Å². The molecule has 2 aromatic rings. The van der Waals surface area contributed by atoms with Gasteiger partial charge in [-0.15, -0.1) is 12.4 Å². The van der Waals surface area contributed by atoms with Crippen molar-refractivity contribution in [2.24, 2.45) is 0 Å². The summed E-state index contributed by atoms with van der Waals surface area (Å²) in [7, 11) is -2.09. The van der Waals surface area contributed by atoms with Gasteiger partial charge in [0.25, 0.3) is 5.91 Å². The number of hydrogen-bond donors (Lipinski definition) is 2. The number of nitrogens with zero attached hydrogens (tertiary/aromatic N) is 2. The first-order valence-electron chi connectivity index (χ1n) is 8.33. The van der Waals surface area contributed by atoms with Crippen molar-refractivity contribution in [1.29, 1.82) is 0 Å². The SMILES string of the molecule is CN1CCN(S(=O)(=O)c2ccc(-c3ccc(Cl)cc3)cc2)[C@@H](C(=O)NO)C1.Cl. The summed E-state index contributed by atoms with van der Waals surface area (Å²) < 4.78 is 27.2. The van der Waals surface area contributed by atoms with Gasteiger partial charge >= 0.3 is 0 Å². The van der Waals surface area contributed by atoms with Crippen LogP contribution < -0.4 is 5.48 Å². The second kappa shape index (κ2) is 9.21. The van der Waals surface area contributed by atoms with E-state index < -0.39 is 22.0 Å². The Labute approximate surface area is 175 Å². The van der Waals surface area contributed by atoms with Gasteiger partial charge in [0, 0.05) is 24.7 Å². The number of benzene rings is 2. The number of amides is 1. The van der Waals surface area contributed by atoms with Crippen molar-refractivity contribution in [3.63, 3.8) is 0 Å². The average molecular weight is 446 g/mol. The lowest BCUT2D eigenvalue weighted by molar-refractivity contribution is -0.134. The van der Waals surface area contributed by atoms with Crippen LogP contribution in [0, 0.1) is 0 Å². The zero-order valence-electron chi connectivity index (χ0n) is 15.1. The van der Waals surface area contributed by atoms with Crippen LogP contribution >= 0.6 is 24.0 Å². The molecule has 2 aromatic carbocycles. The molecule has 1 aliphatic rings. The minimum atomic E-state index is -3.88. The van der Waals surface area contributed by atoms with Crippen molar-refractivity contribution in [3.05, 3.63) is 53.6 Å². The van der Waals surface area contributed by atoms with Gasteiger partial charge in [0.1, 0.15) is 6.04 Å². The Kier molecular flexibility index (Phi) is 7.44. The molecule has 0 radical (unpaired) electrons. The number of halogens is 2. The maximum atomic E-state index is 13.0. The van der Waals surface area contributed by atoms with Crippen molar-refractivity contribution in [2.45, 2.75) is 10.9 Å². The van der Waals surface area contributed by atoms with Crippen molar-refractivity contribution < 1.29 is 18.4 Å². The van der Waals surface area contributed by atoms with Gasteiger partial charge in [0.05, 0.1) is 4.90 Å². The summed E-state index contributed by atoms with van der Waals surface area (Å²) in [6.07, 6.45) is 0. The molecule has 0 aromatic heterocycles. The third kappa shape index (κ3) is 4.65. The molecular weight excluding hydrogens is 425 g/mol. The quantitative estimate of drug-likeness (QED) is 0.556. The number of sulfonamides is 1. The second-order valence-electron chi connectivity index (χ2n) is 6.40. The molecule has 1 atom stereocenters.